The van der Waals surface area contributed by atoms with E-state index in [9.17, 15) is 29.3 Å². The minimum absolute atomic E-state index is 0.0950. The zero-order valence-electron chi connectivity index (χ0n) is 31.6. The Balaban J connectivity index is 4.49. The van der Waals surface area contributed by atoms with Crippen molar-refractivity contribution in [2.45, 2.75) is 155 Å². The minimum Gasteiger partial charge on any atom is -0.462 e. The van der Waals surface area contributed by atoms with Crippen LogP contribution in [0.5, 0.6) is 0 Å². The smallest absolute Gasteiger partial charge is 0.462 e. The molecule has 0 aliphatic carbocycles. The lowest BCUT2D eigenvalue weighted by Gasteiger charge is -2.20. The molecule has 0 aromatic carbocycles. The monoisotopic (exact) mass is 744 g/mol. The quantitative estimate of drug-likeness (QED) is 0.0217. The number of phosphoric ester groups is 1. The van der Waals surface area contributed by atoms with Crippen molar-refractivity contribution in [1.82, 2.24) is 0 Å². The standard InChI is InChI=1S/C39H69O11P/c1-4-34(2)26-22-18-16-17-20-24-28-38(43)47-32-37(33-49-51(45,46)48-31-36(42)30-40)50-39(44)29-25-21-15-13-11-9-7-5-6-8-10-12-14-19-23-27-35(3)41/h6-9,12-15,34-37,40-42H,4-5,10-11,16-33H2,1-3H3,(H,45,46)/b8-6-,9-7-,14-12-,15-13-/t34?,35-,36-,37+/m0/s1. The highest BCUT2D eigenvalue weighted by molar-refractivity contribution is 7.47. The van der Waals surface area contributed by atoms with Gasteiger partial charge in [0, 0.05) is 12.8 Å². The highest BCUT2D eigenvalue weighted by Crippen LogP contribution is 2.43. The maximum absolute atomic E-state index is 12.5. The van der Waals surface area contributed by atoms with Crippen LogP contribution in [-0.4, -0.2) is 76.9 Å². The number of unbranched alkanes of at least 4 members (excludes halogenated alkanes) is 7. The number of carbonyl (C=O) groups is 2. The van der Waals surface area contributed by atoms with Crippen LogP contribution in [0.25, 0.3) is 0 Å². The molecular weight excluding hydrogens is 675 g/mol. The number of esters is 2. The fourth-order valence-electron chi connectivity index (χ4n) is 4.68. The van der Waals surface area contributed by atoms with Gasteiger partial charge >= 0.3 is 19.8 Å². The Morgan fingerprint density at radius 3 is 1.78 bits per heavy atom. The Kier molecular flexibility index (Phi) is 32.3. The topological polar surface area (TPSA) is 169 Å². The van der Waals surface area contributed by atoms with Crippen molar-refractivity contribution in [2.75, 3.05) is 26.4 Å². The molecular formula is C39H69O11P. The van der Waals surface area contributed by atoms with Crippen LogP contribution in [0.4, 0.5) is 0 Å². The molecule has 12 heteroatoms. The molecule has 0 rings (SSSR count). The molecule has 4 N–H and O–H groups in total. The van der Waals surface area contributed by atoms with Crippen molar-refractivity contribution in [3.05, 3.63) is 48.6 Å². The van der Waals surface area contributed by atoms with Gasteiger partial charge in [0.1, 0.15) is 12.7 Å². The number of carbonyl (C=O) groups excluding carboxylic acids is 2. The third-order valence-electron chi connectivity index (χ3n) is 8.05. The Hall–Kier alpha value is -2.11. The van der Waals surface area contributed by atoms with Crippen LogP contribution in [0.2, 0.25) is 0 Å². The lowest BCUT2D eigenvalue weighted by molar-refractivity contribution is -0.161. The number of ether oxygens (including phenoxy) is 2. The zero-order chi connectivity index (χ0) is 38.0. The molecule has 0 aromatic heterocycles. The molecule has 0 radical (unpaired) electrons. The van der Waals surface area contributed by atoms with Crippen molar-refractivity contribution in [2.24, 2.45) is 5.92 Å². The Morgan fingerprint density at radius 2 is 1.20 bits per heavy atom. The van der Waals surface area contributed by atoms with Crippen molar-refractivity contribution < 1.29 is 52.9 Å². The van der Waals surface area contributed by atoms with Crippen LogP contribution in [0.15, 0.2) is 48.6 Å². The fourth-order valence-corrected chi connectivity index (χ4v) is 5.47. The summed E-state index contributed by atoms with van der Waals surface area (Å²) >= 11 is 0. The molecule has 51 heavy (non-hydrogen) atoms. The Bertz CT molecular complexity index is 1020. The molecule has 0 aliphatic heterocycles. The summed E-state index contributed by atoms with van der Waals surface area (Å²) in [5, 5.41) is 27.5. The van der Waals surface area contributed by atoms with Crippen LogP contribution < -0.4 is 0 Å². The van der Waals surface area contributed by atoms with E-state index in [4.69, 9.17) is 19.1 Å². The molecule has 5 atom stereocenters. The van der Waals surface area contributed by atoms with Gasteiger partial charge in [-0.2, -0.15) is 0 Å². The number of rotatable bonds is 34. The second-order valence-electron chi connectivity index (χ2n) is 13.1. The van der Waals surface area contributed by atoms with Crippen molar-refractivity contribution in [3.63, 3.8) is 0 Å². The van der Waals surface area contributed by atoms with Gasteiger partial charge in [-0.05, 0) is 70.6 Å². The molecule has 0 heterocycles. The van der Waals surface area contributed by atoms with E-state index in [1.165, 1.54) is 25.7 Å². The Morgan fingerprint density at radius 1 is 0.667 bits per heavy atom. The van der Waals surface area contributed by atoms with Crippen molar-refractivity contribution in [1.29, 1.82) is 0 Å². The van der Waals surface area contributed by atoms with Crippen LogP contribution in [0, 0.1) is 5.92 Å². The van der Waals surface area contributed by atoms with E-state index < -0.39 is 51.8 Å². The third kappa shape index (κ3) is 34.7. The van der Waals surface area contributed by atoms with Crippen LogP contribution >= 0.6 is 7.82 Å². The molecule has 296 valence electrons. The molecule has 0 amide bonds. The molecule has 0 saturated carbocycles. The van der Waals surface area contributed by atoms with E-state index in [0.29, 0.717) is 19.3 Å². The van der Waals surface area contributed by atoms with Crippen LogP contribution in [-0.2, 0) is 32.7 Å². The van der Waals surface area contributed by atoms with E-state index in [1.54, 1.807) is 0 Å². The summed E-state index contributed by atoms with van der Waals surface area (Å²) in [4.78, 5) is 34.8. The number of aliphatic hydroxyl groups is 3. The predicted molar refractivity (Wildman–Crippen MR) is 202 cm³/mol. The maximum atomic E-state index is 12.5. The number of phosphoric acid groups is 1. The molecule has 0 fully saturated rings. The maximum Gasteiger partial charge on any atom is 0.472 e. The summed E-state index contributed by atoms with van der Waals surface area (Å²) < 4.78 is 32.5. The normalized spacial score (nSPS) is 15.8. The highest BCUT2D eigenvalue weighted by atomic mass is 31.2. The summed E-state index contributed by atoms with van der Waals surface area (Å²) in [5.74, 6) is -0.251. The Labute approximate surface area is 307 Å². The van der Waals surface area contributed by atoms with E-state index in [0.717, 1.165) is 63.7 Å². The average molecular weight is 745 g/mol. The average Bonchev–Trinajstić information content (AvgIpc) is 3.10. The van der Waals surface area contributed by atoms with Gasteiger partial charge in [-0.1, -0.05) is 107 Å². The van der Waals surface area contributed by atoms with Gasteiger partial charge < -0.3 is 29.7 Å². The summed E-state index contributed by atoms with van der Waals surface area (Å²) in [7, 11) is -4.63. The number of hydrogen-bond acceptors (Lipinski definition) is 10. The lowest BCUT2D eigenvalue weighted by Crippen LogP contribution is -2.29. The van der Waals surface area contributed by atoms with Gasteiger partial charge in [-0.3, -0.25) is 18.6 Å². The van der Waals surface area contributed by atoms with Crippen LogP contribution in [0.3, 0.4) is 0 Å². The van der Waals surface area contributed by atoms with E-state index in [1.807, 2.05) is 19.1 Å². The van der Waals surface area contributed by atoms with E-state index in [-0.39, 0.29) is 25.6 Å². The van der Waals surface area contributed by atoms with Gasteiger partial charge in [0.25, 0.3) is 0 Å². The molecule has 0 aliphatic rings. The lowest BCUT2D eigenvalue weighted by atomic mass is 10.00. The first-order chi connectivity index (χ1) is 24.5. The first-order valence-electron chi connectivity index (χ1n) is 19.0. The number of allylic oxidation sites excluding steroid dienone is 8. The molecule has 11 nitrogen and oxygen atoms in total. The summed E-state index contributed by atoms with van der Waals surface area (Å²) in [5.41, 5.74) is 0. The van der Waals surface area contributed by atoms with E-state index in [2.05, 4.69) is 54.8 Å². The minimum atomic E-state index is -4.63. The first kappa shape index (κ1) is 48.9. The molecule has 0 bridgehead atoms. The van der Waals surface area contributed by atoms with Crippen molar-refractivity contribution in [3.8, 4) is 0 Å². The summed E-state index contributed by atoms with van der Waals surface area (Å²) in [6, 6.07) is 0. The second kappa shape index (κ2) is 33.7. The van der Waals surface area contributed by atoms with Gasteiger partial charge in [0.15, 0.2) is 6.10 Å². The van der Waals surface area contributed by atoms with Gasteiger partial charge in [0.2, 0.25) is 0 Å². The highest BCUT2D eigenvalue weighted by Gasteiger charge is 2.27. The van der Waals surface area contributed by atoms with Crippen molar-refractivity contribution >= 4 is 19.8 Å². The third-order valence-corrected chi connectivity index (χ3v) is 9.00. The molecule has 2 unspecified atom stereocenters. The fraction of sp³-hybridized carbons (Fsp3) is 0.744. The van der Waals surface area contributed by atoms with E-state index >= 15 is 0 Å². The molecule has 0 aromatic rings. The predicted octanol–water partition coefficient (Wildman–Crippen LogP) is 8.21. The largest absolute Gasteiger partial charge is 0.472 e. The summed E-state index contributed by atoms with van der Waals surface area (Å²) in [6.07, 6.45) is 29.5. The van der Waals surface area contributed by atoms with Crippen LogP contribution in [0.1, 0.15) is 136 Å². The SMILES string of the molecule is CCC(C)CCCCCCCCC(=O)OC[C@H](COP(=O)(O)OC[C@@H](O)CO)OC(=O)CCC/C=C\C/C=C\C/C=C\C/C=C\CCC[C@H](C)O. The number of hydrogen-bond donors (Lipinski definition) is 4. The van der Waals surface area contributed by atoms with Gasteiger partial charge in [-0.15, -0.1) is 0 Å². The van der Waals surface area contributed by atoms with Gasteiger partial charge in [0.05, 0.1) is 25.9 Å². The first-order valence-corrected chi connectivity index (χ1v) is 20.5. The second-order valence-corrected chi connectivity index (χ2v) is 14.6. The summed E-state index contributed by atoms with van der Waals surface area (Å²) in [6.45, 7) is 4.09. The van der Waals surface area contributed by atoms with Gasteiger partial charge in [-0.25, -0.2) is 4.57 Å². The number of aliphatic hydroxyl groups excluding tert-OH is 3. The zero-order valence-corrected chi connectivity index (χ0v) is 32.5. The molecule has 0 saturated heterocycles. The molecule has 0 spiro atoms.